The Kier molecular flexibility index (Phi) is 5.51. The molecule has 2 heteroatoms. The van der Waals surface area contributed by atoms with Crippen molar-refractivity contribution in [2.75, 3.05) is 26.2 Å². The van der Waals surface area contributed by atoms with Crippen molar-refractivity contribution in [2.45, 2.75) is 40.2 Å². The molecule has 0 amide bonds. The van der Waals surface area contributed by atoms with Crippen molar-refractivity contribution in [2.24, 2.45) is 0 Å². The van der Waals surface area contributed by atoms with Crippen molar-refractivity contribution in [3.05, 3.63) is 0 Å². The van der Waals surface area contributed by atoms with E-state index in [4.69, 9.17) is 0 Å². The number of hydrogen-bond acceptors (Lipinski definition) is 2. The molecular weight excluding hydrogens is 148 g/mol. The van der Waals surface area contributed by atoms with Gasteiger partial charge in [-0.05, 0) is 33.9 Å². The Morgan fingerprint density at radius 2 is 1.58 bits per heavy atom. The van der Waals surface area contributed by atoms with E-state index in [2.05, 4.69) is 44.8 Å². The van der Waals surface area contributed by atoms with Crippen molar-refractivity contribution in [1.29, 1.82) is 0 Å². The third kappa shape index (κ3) is 6.62. The maximum atomic E-state index is 3.48. The summed E-state index contributed by atoms with van der Waals surface area (Å²) in [5.74, 6) is 0. The summed E-state index contributed by atoms with van der Waals surface area (Å²) in [5, 5.41) is 3.48. The smallest absolute Gasteiger partial charge is 0.0107 e. The second-order valence-electron chi connectivity index (χ2n) is 4.20. The van der Waals surface area contributed by atoms with E-state index in [1.165, 1.54) is 0 Å². The van der Waals surface area contributed by atoms with Gasteiger partial charge in [0, 0.05) is 18.6 Å². The molecular formula is C10H24N2. The molecule has 0 spiro atoms. The molecule has 0 fully saturated rings. The van der Waals surface area contributed by atoms with Gasteiger partial charge in [-0.3, -0.25) is 0 Å². The number of nitrogens with zero attached hydrogens (tertiary/aromatic N) is 1. The Hall–Kier alpha value is -0.0800. The molecule has 0 aliphatic heterocycles. The van der Waals surface area contributed by atoms with Crippen LogP contribution in [-0.4, -0.2) is 36.6 Å². The normalized spacial score (nSPS) is 12.5. The summed E-state index contributed by atoms with van der Waals surface area (Å²) < 4.78 is 0. The molecule has 0 aliphatic carbocycles. The summed E-state index contributed by atoms with van der Waals surface area (Å²) >= 11 is 0. The largest absolute Gasteiger partial charge is 0.311 e. The standard InChI is InChI=1S/C10H24N2/c1-6-12(7-2)9-8-11-10(3,4)5/h11H,6-9H2,1-5H3. The zero-order valence-electron chi connectivity index (χ0n) is 9.28. The average molecular weight is 172 g/mol. The molecule has 0 aromatic rings. The quantitative estimate of drug-likeness (QED) is 0.679. The Morgan fingerprint density at radius 3 is 1.92 bits per heavy atom. The van der Waals surface area contributed by atoms with Crippen LogP contribution in [0.5, 0.6) is 0 Å². The molecule has 0 saturated carbocycles. The van der Waals surface area contributed by atoms with Crippen LogP contribution in [0.1, 0.15) is 34.6 Å². The second kappa shape index (κ2) is 5.55. The highest BCUT2D eigenvalue weighted by Gasteiger charge is 2.08. The topological polar surface area (TPSA) is 15.3 Å². The van der Waals surface area contributed by atoms with Gasteiger partial charge in [0.15, 0.2) is 0 Å². The number of hydrogen-bond donors (Lipinski definition) is 1. The predicted octanol–water partition coefficient (Wildman–Crippen LogP) is 1.72. The van der Waals surface area contributed by atoms with Gasteiger partial charge in [-0.1, -0.05) is 13.8 Å². The van der Waals surface area contributed by atoms with Crippen molar-refractivity contribution in [3.63, 3.8) is 0 Å². The molecule has 0 bridgehead atoms. The number of rotatable bonds is 5. The zero-order chi connectivity index (χ0) is 9.61. The Balaban J connectivity index is 3.41. The van der Waals surface area contributed by atoms with Crippen LogP contribution in [0.2, 0.25) is 0 Å². The minimum atomic E-state index is 0.257. The third-order valence-corrected chi connectivity index (χ3v) is 1.98. The fourth-order valence-electron chi connectivity index (χ4n) is 1.13. The lowest BCUT2D eigenvalue weighted by molar-refractivity contribution is 0.286. The molecule has 12 heavy (non-hydrogen) atoms. The zero-order valence-corrected chi connectivity index (χ0v) is 9.28. The van der Waals surface area contributed by atoms with Crippen LogP contribution in [0.25, 0.3) is 0 Å². The minimum Gasteiger partial charge on any atom is -0.311 e. The molecule has 0 saturated heterocycles. The van der Waals surface area contributed by atoms with Crippen LogP contribution in [0.3, 0.4) is 0 Å². The average Bonchev–Trinajstić information content (AvgIpc) is 1.96. The monoisotopic (exact) mass is 172 g/mol. The maximum Gasteiger partial charge on any atom is 0.0107 e. The van der Waals surface area contributed by atoms with Gasteiger partial charge in [0.2, 0.25) is 0 Å². The first-order chi connectivity index (χ1) is 5.49. The highest BCUT2D eigenvalue weighted by molar-refractivity contribution is 4.70. The molecule has 0 aromatic carbocycles. The molecule has 0 atom stereocenters. The van der Waals surface area contributed by atoms with Crippen LogP contribution in [0.15, 0.2) is 0 Å². The van der Waals surface area contributed by atoms with Gasteiger partial charge < -0.3 is 10.2 Å². The molecule has 2 nitrogen and oxygen atoms in total. The van der Waals surface area contributed by atoms with Crippen molar-refractivity contribution in [3.8, 4) is 0 Å². The van der Waals surface area contributed by atoms with Crippen LogP contribution < -0.4 is 5.32 Å². The Morgan fingerprint density at radius 1 is 1.08 bits per heavy atom. The molecule has 0 aliphatic rings. The summed E-state index contributed by atoms with van der Waals surface area (Å²) in [4.78, 5) is 2.43. The number of nitrogens with one attached hydrogen (secondary N) is 1. The Bertz CT molecular complexity index is 101. The van der Waals surface area contributed by atoms with E-state index in [-0.39, 0.29) is 5.54 Å². The van der Waals surface area contributed by atoms with Gasteiger partial charge in [-0.2, -0.15) is 0 Å². The van der Waals surface area contributed by atoms with Gasteiger partial charge >= 0.3 is 0 Å². The highest BCUT2D eigenvalue weighted by atomic mass is 15.1. The maximum absolute atomic E-state index is 3.48. The second-order valence-corrected chi connectivity index (χ2v) is 4.20. The van der Waals surface area contributed by atoms with Gasteiger partial charge in [0.1, 0.15) is 0 Å². The molecule has 0 unspecified atom stereocenters. The highest BCUT2D eigenvalue weighted by Crippen LogP contribution is 1.97. The van der Waals surface area contributed by atoms with Crippen LogP contribution in [-0.2, 0) is 0 Å². The van der Waals surface area contributed by atoms with Gasteiger partial charge in [-0.15, -0.1) is 0 Å². The molecule has 0 aromatic heterocycles. The summed E-state index contributed by atoms with van der Waals surface area (Å²) in [6.07, 6.45) is 0. The fourth-order valence-corrected chi connectivity index (χ4v) is 1.13. The van der Waals surface area contributed by atoms with E-state index < -0.39 is 0 Å². The molecule has 74 valence electrons. The van der Waals surface area contributed by atoms with Crippen LogP contribution >= 0.6 is 0 Å². The molecule has 0 heterocycles. The lowest BCUT2D eigenvalue weighted by atomic mass is 10.1. The predicted molar refractivity (Wildman–Crippen MR) is 55.5 cm³/mol. The van der Waals surface area contributed by atoms with Crippen molar-refractivity contribution < 1.29 is 0 Å². The van der Waals surface area contributed by atoms with Gasteiger partial charge in [0.25, 0.3) is 0 Å². The molecule has 1 N–H and O–H groups in total. The summed E-state index contributed by atoms with van der Waals surface area (Å²) in [6, 6.07) is 0. The van der Waals surface area contributed by atoms with Gasteiger partial charge in [-0.25, -0.2) is 0 Å². The van der Waals surface area contributed by atoms with E-state index in [0.717, 1.165) is 26.2 Å². The first kappa shape index (κ1) is 11.9. The Labute approximate surface area is 77.3 Å². The summed E-state index contributed by atoms with van der Waals surface area (Å²) in [7, 11) is 0. The third-order valence-electron chi connectivity index (χ3n) is 1.98. The lowest BCUT2D eigenvalue weighted by Gasteiger charge is -2.24. The first-order valence-electron chi connectivity index (χ1n) is 4.97. The van der Waals surface area contributed by atoms with Gasteiger partial charge in [0.05, 0.1) is 0 Å². The SMILES string of the molecule is CCN(CC)CCNC(C)(C)C. The number of likely N-dealkylation sites (N-methyl/N-ethyl adjacent to an activating group) is 1. The van der Waals surface area contributed by atoms with Crippen molar-refractivity contribution in [1.82, 2.24) is 10.2 Å². The van der Waals surface area contributed by atoms with Crippen LogP contribution in [0.4, 0.5) is 0 Å². The molecule has 0 rings (SSSR count). The van der Waals surface area contributed by atoms with E-state index in [1.807, 2.05) is 0 Å². The van der Waals surface area contributed by atoms with Crippen molar-refractivity contribution >= 4 is 0 Å². The van der Waals surface area contributed by atoms with E-state index in [0.29, 0.717) is 0 Å². The van der Waals surface area contributed by atoms with E-state index in [1.54, 1.807) is 0 Å². The van der Waals surface area contributed by atoms with Crippen LogP contribution in [0, 0.1) is 0 Å². The fraction of sp³-hybridized carbons (Fsp3) is 1.00. The summed E-state index contributed by atoms with van der Waals surface area (Å²) in [6.45, 7) is 15.6. The lowest BCUT2D eigenvalue weighted by Crippen LogP contribution is -2.41. The minimum absolute atomic E-state index is 0.257. The molecule has 0 radical (unpaired) electrons. The van der Waals surface area contributed by atoms with E-state index >= 15 is 0 Å². The first-order valence-corrected chi connectivity index (χ1v) is 4.97. The van der Waals surface area contributed by atoms with E-state index in [9.17, 15) is 0 Å². The summed E-state index contributed by atoms with van der Waals surface area (Å²) in [5.41, 5.74) is 0.257.